The molecular weight excluding hydrogens is 469 g/mol. The van der Waals surface area contributed by atoms with Crippen molar-refractivity contribution in [2.45, 2.75) is 64.6 Å². The van der Waals surface area contributed by atoms with E-state index >= 15 is 0 Å². The lowest BCUT2D eigenvalue weighted by atomic mass is 9.95. The van der Waals surface area contributed by atoms with Gasteiger partial charge in [0.1, 0.15) is 18.4 Å². The summed E-state index contributed by atoms with van der Waals surface area (Å²) in [6, 6.07) is 12.1. The van der Waals surface area contributed by atoms with E-state index in [1.165, 1.54) is 23.1 Å². The maximum absolute atomic E-state index is 14.5. The predicted octanol–water partition coefficient (Wildman–Crippen LogP) is 3.77. The number of carbonyl (C=O) groups is 2. The number of sulfonamides is 1. The molecule has 2 aromatic carbocycles. The number of hydrogen-bond donors (Lipinski definition) is 1. The minimum atomic E-state index is -3.97. The van der Waals surface area contributed by atoms with E-state index in [-0.39, 0.29) is 24.2 Å². The summed E-state index contributed by atoms with van der Waals surface area (Å²) in [5.74, 6) is -1.62. The highest BCUT2D eigenvalue weighted by atomic mass is 32.2. The monoisotopic (exact) mass is 503 g/mol. The van der Waals surface area contributed by atoms with Gasteiger partial charge in [0.25, 0.3) is 0 Å². The van der Waals surface area contributed by atoms with Gasteiger partial charge in [0.15, 0.2) is 0 Å². The summed E-state index contributed by atoms with van der Waals surface area (Å²) in [4.78, 5) is 28.1. The van der Waals surface area contributed by atoms with Crippen molar-refractivity contribution in [2.75, 3.05) is 17.1 Å². The molecular formula is C26H34FN3O4S. The Kier molecular flexibility index (Phi) is 8.88. The number of rotatable bonds is 9. The molecule has 0 aliphatic heterocycles. The molecule has 2 aromatic rings. The Morgan fingerprint density at radius 3 is 2.31 bits per heavy atom. The highest BCUT2D eigenvalue weighted by Gasteiger charge is 2.32. The largest absolute Gasteiger partial charge is 0.352 e. The third-order valence-electron chi connectivity index (χ3n) is 6.52. The van der Waals surface area contributed by atoms with Crippen LogP contribution in [0.4, 0.5) is 10.1 Å². The number of amides is 2. The van der Waals surface area contributed by atoms with Crippen molar-refractivity contribution in [1.82, 2.24) is 10.2 Å². The van der Waals surface area contributed by atoms with Crippen LogP contribution in [0.25, 0.3) is 0 Å². The van der Waals surface area contributed by atoms with E-state index in [1.807, 2.05) is 31.2 Å². The second-order valence-corrected chi connectivity index (χ2v) is 11.1. The van der Waals surface area contributed by atoms with Crippen LogP contribution in [0.2, 0.25) is 0 Å². The van der Waals surface area contributed by atoms with Crippen LogP contribution in [0.5, 0.6) is 0 Å². The second-order valence-electron chi connectivity index (χ2n) is 9.19. The summed E-state index contributed by atoms with van der Waals surface area (Å²) in [7, 11) is -3.97. The van der Waals surface area contributed by atoms with Gasteiger partial charge in [-0.05, 0) is 49.9 Å². The Morgan fingerprint density at radius 2 is 1.69 bits per heavy atom. The van der Waals surface area contributed by atoms with E-state index in [4.69, 9.17) is 0 Å². The van der Waals surface area contributed by atoms with Gasteiger partial charge >= 0.3 is 0 Å². The molecule has 35 heavy (non-hydrogen) atoms. The van der Waals surface area contributed by atoms with Gasteiger partial charge in [-0.2, -0.15) is 0 Å². The van der Waals surface area contributed by atoms with E-state index < -0.39 is 34.3 Å². The van der Waals surface area contributed by atoms with Crippen LogP contribution in [0.1, 0.15) is 50.2 Å². The molecule has 1 fully saturated rings. The predicted molar refractivity (Wildman–Crippen MR) is 135 cm³/mol. The summed E-state index contributed by atoms with van der Waals surface area (Å²) < 4.78 is 40.3. The minimum Gasteiger partial charge on any atom is -0.352 e. The second kappa shape index (κ2) is 11.7. The quantitative estimate of drug-likeness (QED) is 0.565. The first-order valence-electron chi connectivity index (χ1n) is 11.9. The van der Waals surface area contributed by atoms with E-state index in [1.54, 1.807) is 6.92 Å². The molecule has 1 atom stereocenters. The third kappa shape index (κ3) is 7.04. The van der Waals surface area contributed by atoms with Crippen LogP contribution in [0.3, 0.4) is 0 Å². The molecule has 1 saturated carbocycles. The summed E-state index contributed by atoms with van der Waals surface area (Å²) >= 11 is 0. The normalized spacial score (nSPS) is 15.3. The van der Waals surface area contributed by atoms with Gasteiger partial charge in [-0.1, -0.05) is 55.7 Å². The third-order valence-corrected chi connectivity index (χ3v) is 7.65. The van der Waals surface area contributed by atoms with Crippen molar-refractivity contribution in [3.05, 3.63) is 65.5 Å². The SMILES string of the molecule is Cc1ccccc1CN(C(=O)CN(c1ccccc1F)S(C)(=O)=O)C(C)C(=O)NC1CCCCC1. The first-order valence-corrected chi connectivity index (χ1v) is 13.8. The molecule has 0 aromatic heterocycles. The Morgan fingerprint density at radius 1 is 1.06 bits per heavy atom. The molecule has 7 nitrogen and oxygen atoms in total. The maximum atomic E-state index is 14.5. The molecule has 1 aliphatic rings. The van der Waals surface area contributed by atoms with Crippen LogP contribution >= 0.6 is 0 Å². The standard InChI is InChI=1S/C26H34FN3O4S/c1-19-11-7-8-12-21(19)17-29(20(2)26(32)28-22-13-5-4-6-14-22)25(31)18-30(35(3,33)34)24-16-10-9-15-23(24)27/h7-12,15-16,20,22H,4-6,13-14,17-18H2,1-3H3,(H,28,32). The number of para-hydroxylation sites is 1. The number of anilines is 1. The van der Waals surface area contributed by atoms with Gasteiger partial charge in [-0.3, -0.25) is 13.9 Å². The van der Waals surface area contributed by atoms with E-state index in [0.717, 1.165) is 59.9 Å². The minimum absolute atomic E-state index is 0.0695. The van der Waals surface area contributed by atoms with Gasteiger partial charge in [-0.25, -0.2) is 12.8 Å². The summed E-state index contributed by atoms with van der Waals surface area (Å²) in [5, 5.41) is 3.05. The lowest BCUT2D eigenvalue weighted by Gasteiger charge is -2.33. The summed E-state index contributed by atoms with van der Waals surface area (Å²) in [6.45, 7) is 3.06. The van der Waals surface area contributed by atoms with Crippen LogP contribution in [0.15, 0.2) is 48.5 Å². The molecule has 0 saturated heterocycles. The van der Waals surface area contributed by atoms with Crippen molar-refractivity contribution in [2.24, 2.45) is 0 Å². The topological polar surface area (TPSA) is 86.8 Å². The van der Waals surface area contributed by atoms with Gasteiger partial charge in [0.05, 0.1) is 11.9 Å². The first-order chi connectivity index (χ1) is 16.6. The number of nitrogens with one attached hydrogen (secondary N) is 1. The molecule has 0 heterocycles. The Balaban J connectivity index is 1.89. The Labute approximate surface area is 207 Å². The number of carbonyl (C=O) groups excluding carboxylic acids is 2. The number of halogens is 1. The smallest absolute Gasteiger partial charge is 0.244 e. The summed E-state index contributed by atoms with van der Waals surface area (Å²) in [5.41, 5.74) is 1.58. The van der Waals surface area contributed by atoms with Crippen LogP contribution in [0, 0.1) is 12.7 Å². The average Bonchev–Trinajstić information content (AvgIpc) is 2.82. The number of nitrogens with zero attached hydrogens (tertiary/aromatic N) is 2. The van der Waals surface area contributed by atoms with Gasteiger partial charge in [0.2, 0.25) is 21.8 Å². The van der Waals surface area contributed by atoms with Gasteiger partial charge in [-0.15, -0.1) is 0 Å². The highest BCUT2D eigenvalue weighted by molar-refractivity contribution is 7.92. The molecule has 0 radical (unpaired) electrons. The fourth-order valence-electron chi connectivity index (χ4n) is 4.37. The van der Waals surface area contributed by atoms with Crippen molar-refractivity contribution in [1.29, 1.82) is 0 Å². The molecule has 9 heteroatoms. The maximum Gasteiger partial charge on any atom is 0.244 e. The lowest BCUT2D eigenvalue weighted by Crippen LogP contribution is -2.53. The molecule has 0 spiro atoms. The fourth-order valence-corrected chi connectivity index (χ4v) is 5.22. The number of hydrogen-bond acceptors (Lipinski definition) is 4. The molecule has 2 amide bonds. The van der Waals surface area contributed by atoms with Gasteiger partial charge in [0, 0.05) is 12.6 Å². The number of benzene rings is 2. The van der Waals surface area contributed by atoms with Gasteiger partial charge < -0.3 is 10.2 Å². The zero-order chi connectivity index (χ0) is 25.6. The number of aryl methyl sites for hydroxylation is 1. The van der Waals surface area contributed by atoms with E-state index in [9.17, 15) is 22.4 Å². The zero-order valence-electron chi connectivity index (χ0n) is 20.5. The van der Waals surface area contributed by atoms with Crippen molar-refractivity contribution in [3.63, 3.8) is 0 Å². The molecule has 3 rings (SSSR count). The Bertz CT molecular complexity index is 1150. The van der Waals surface area contributed by atoms with Crippen molar-refractivity contribution < 1.29 is 22.4 Å². The molecule has 1 N–H and O–H groups in total. The first kappa shape index (κ1) is 26.7. The lowest BCUT2D eigenvalue weighted by molar-refractivity contribution is -0.139. The fraction of sp³-hybridized carbons (Fsp3) is 0.462. The zero-order valence-corrected chi connectivity index (χ0v) is 21.4. The van der Waals surface area contributed by atoms with E-state index in [0.29, 0.717) is 0 Å². The molecule has 1 aliphatic carbocycles. The Hall–Kier alpha value is -2.94. The van der Waals surface area contributed by atoms with Crippen molar-refractivity contribution in [3.8, 4) is 0 Å². The highest BCUT2D eigenvalue weighted by Crippen LogP contribution is 2.23. The summed E-state index contributed by atoms with van der Waals surface area (Å²) in [6.07, 6.45) is 5.99. The van der Waals surface area contributed by atoms with Crippen LogP contribution in [-0.4, -0.2) is 50.0 Å². The average molecular weight is 504 g/mol. The van der Waals surface area contributed by atoms with Crippen LogP contribution in [-0.2, 0) is 26.2 Å². The molecule has 190 valence electrons. The van der Waals surface area contributed by atoms with Crippen LogP contribution < -0.4 is 9.62 Å². The molecule has 0 bridgehead atoms. The van der Waals surface area contributed by atoms with E-state index in [2.05, 4.69) is 5.32 Å². The van der Waals surface area contributed by atoms with Crippen molar-refractivity contribution >= 4 is 27.5 Å². The molecule has 1 unspecified atom stereocenters.